The van der Waals surface area contributed by atoms with E-state index in [0.717, 1.165) is 17.8 Å². The molecule has 0 amide bonds. The molecule has 1 N–H and O–H groups in total. The van der Waals surface area contributed by atoms with Crippen LogP contribution in [0.3, 0.4) is 0 Å². The van der Waals surface area contributed by atoms with E-state index in [1.165, 1.54) is 29.1 Å². The van der Waals surface area contributed by atoms with Crippen molar-refractivity contribution >= 4 is 21.4 Å². The highest BCUT2D eigenvalue weighted by molar-refractivity contribution is 7.18. The second-order valence-electron chi connectivity index (χ2n) is 9.32. The van der Waals surface area contributed by atoms with Gasteiger partial charge in [0.15, 0.2) is 0 Å². The number of benzene rings is 1. The molecule has 0 saturated heterocycles. The van der Waals surface area contributed by atoms with Crippen LogP contribution >= 0.6 is 11.3 Å². The lowest BCUT2D eigenvalue weighted by Crippen LogP contribution is -2.36. The highest BCUT2D eigenvalue weighted by Gasteiger charge is 2.28. The van der Waals surface area contributed by atoms with Crippen molar-refractivity contribution in [1.82, 2.24) is 24.6 Å². The first kappa shape index (κ1) is 25.4. The van der Waals surface area contributed by atoms with Gasteiger partial charge in [0.05, 0.1) is 24.4 Å². The van der Waals surface area contributed by atoms with E-state index in [-0.39, 0.29) is 36.1 Å². The molecule has 1 aliphatic heterocycles. The molecule has 200 valence electrons. The molecule has 0 radical (unpaired) electrons. The number of thiophene rings is 1. The van der Waals surface area contributed by atoms with Crippen LogP contribution in [-0.2, 0) is 17.8 Å². The Balaban J connectivity index is 1.67. The summed E-state index contributed by atoms with van der Waals surface area (Å²) in [4.78, 5) is 17.8. The number of rotatable bonds is 7. The molecule has 1 aliphatic rings. The van der Waals surface area contributed by atoms with Gasteiger partial charge in [-0.15, -0.1) is 11.3 Å². The van der Waals surface area contributed by atoms with Crippen LogP contribution in [0.5, 0.6) is 5.75 Å². The smallest absolute Gasteiger partial charge is 0.256 e. The Labute approximate surface area is 226 Å². The predicted octanol–water partition coefficient (Wildman–Crippen LogP) is 4.77. The Morgan fingerprint density at radius 3 is 2.85 bits per heavy atom. The molecule has 0 spiro atoms. The highest BCUT2D eigenvalue weighted by atomic mass is 32.1. The minimum Gasteiger partial charge on any atom is -0.490 e. The number of methoxy groups -OCH3 is 1. The third-order valence-electron chi connectivity index (χ3n) is 6.64. The molecule has 0 aliphatic carbocycles. The van der Waals surface area contributed by atoms with Crippen molar-refractivity contribution in [1.29, 1.82) is 0 Å². The summed E-state index contributed by atoms with van der Waals surface area (Å²) in [5.41, 5.74) is 2.09. The van der Waals surface area contributed by atoms with Crippen molar-refractivity contribution in [3.05, 3.63) is 81.7 Å². The lowest BCUT2D eigenvalue weighted by atomic mass is 9.98. The topological polar surface area (TPSA) is 83.2 Å². The van der Waals surface area contributed by atoms with Crippen LogP contribution in [0, 0.1) is 11.6 Å². The molecule has 4 aromatic heterocycles. The summed E-state index contributed by atoms with van der Waals surface area (Å²) < 4.78 is 45.1. The number of halogens is 2. The van der Waals surface area contributed by atoms with Gasteiger partial charge in [-0.25, -0.2) is 13.8 Å². The third kappa shape index (κ3) is 4.62. The molecule has 0 saturated carbocycles. The summed E-state index contributed by atoms with van der Waals surface area (Å²) in [6.07, 6.45) is 1.65. The molecule has 11 heteroatoms. The number of ether oxygens (including phenoxy) is 2. The van der Waals surface area contributed by atoms with E-state index in [1.807, 2.05) is 22.2 Å². The summed E-state index contributed by atoms with van der Waals surface area (Å²) in [6.45, 7) is 3.69. The minimum atomic E-state index is -0.788. The maximum Gasteiger partial charge on any atom is 0.256 e. The van der Waals surface area contributed by atoms with Gasteiger partial charge < -0.3 is 14.8 Å². The summed E-state index contributed by atoms with van der Waals surface area (Å²) in [6, 6.07) is 10.8. The molecule has 39 heavy (non-hydrogen) atoms. The Morgan fingerprint density at radius 2 is 2.03 bits per heavy atom. The highest BCUT2D eigenvalue weighted by Crippen LogP contribution is 2.46. The molecule has 1 unspecified atom stereocenters. The quantitative estimate of drug-likeness (QED) is 0.295. The first-order valence-electron chi connectivity index (χ1n) is 12.5. The van der Waals surface area contributed by atoms with Crippen LogP contribution in [0.2, 0.25) is 0 Å². The van der Waals surface area contributed by atoms with Crippen molar-refractivity contribution in [3.8, 4) is 34.1 Å². The van der Waals surface area contributed by atoms with Gasteiger partial charge in [-0.3, -0.25) is 14.0 Å². The maximum atomic E-state index is 15.7. The third-order valence-corrected chi connectivity index (χ3v) is 7.57. The van der Waals surface area contributed by atoms with Crippen LogP contribution in [0.1, 0.15) is 12.6 Å². The molecular weight excluding hydrogens is 524 g/mol. The second kappa shape index (κ2) is 10.3. The molecule has 0 bridgehead atoms. The summed E-state index contributed by atoms with van der Waals surface area (Å²) in [5.74, 6) is -1.11. The van der Waals surface area contributed by atoms with Crippen LogP contribution in [0.15, 0.2) is 58.8 Å². The fraction of sp³-hybridized carbons (Fsp3) is 0.250. The standard InChI is InChI=1S/C28H25F2N5O3S/c1-16-15-35-18(14-31-16)13-21(33-35)26-25(24-20(30)11-17(29)12-22(24)38-9-8-37-2)27-19(6-10-39-27)28(32-26)34-7-4-3-5-23(34)36/h3-7,10-13,16,31H,8-9,14-15H2,1-2H3. The fourth-order valence-corrected chi connectivity index (χ4v) is 5.77. The van der Waals surface area contributed by atoms with Gasteiger partial charge in [0.25, 0.3) is 5.56 Å². The number of nitrogens with one attached hydrogen (secondary N) is 1. The van der Waals surface area contributed by atoms with Gasteiger partial charge in [0.2, 0.25) is 0 Å². The van der Waals surface area contributed by atoms with Crippen molar-refractivity contribution in [2.75, 3.05) is 20.3 Å². The number of nitrogens with zero attached hydrogens (tertiary/aromatic N) is 4. The minimum absolute atomic E-state index is 0.0335. The molecule has 6 rings (SSSR count). The van der Waals surface area contributed by atoms with Crippen LogP contribution in [0.25, 0.3) is 38.4 Å². The molecule has 5 aromatic rings. The fourth-order valence-electron chi connectivity index (χ4n) is 4.83. The monoisotopic (exact) mass is 549 g/mol. The van der Waals surface area contributed by atoms with E-state index in [0.29, 0.717) is 45.9 Å². The number of hydrogen-bond acceptors (Lipinski definition) is 7. The summed E-state index contributed by atoms with van der Waals surface area (Å²) in [5, 5.41) is 10.8. The number of pyridine rings is 2. The van der Waals surface area contributed by atoms with Gasteiger partial charge in [0, 0.05) is 59.7 Å². The lowest BCUT2D eigenvalue weighted by Gasteiger charge is -2.21. The van der Waals surface area contributed by atoms with E-state index in [4.69, 9.17) is 19.6 Å². The van der Waals surface area contributed by atoms with Crippen LogP contribution < -0.4 is 15.6 Å². The van der Waals surface area contributed by atoms with Gasteiger partial charge >= 0.3 is 0 Å². The molecule has 8 nitrogen and oxygen atoms in total. The molecule has 1 atom stereocenters. The Morgan fingerprint density at radius 1 is 1.15 bits per heavy atom. The van der Waals surface area contributed by atoms with Crippen molar-refractivity contribution in [2.45, 2.75) is 26.1 Å². The largest absolute Gasteiger partial charge is 0.490 e. The summed E-state index contributed by atoms with van der Waals surface area (Å²) >= 11 is 1.37. The van der Waals surface area contributed by atoms with Gasteiger partial charge in [0.1, 0.15) is 41.2 Å². The Bertz CT molecular complexity index is 1750. The zero-order chi connectivity index (χ0) is 27.1. The zero-order valence-electron chi connectivity index (χ0n) is 21.3. The van der Waals surface area contributed by atoms with Crippen molar-refractivity contribution in [2.24, 2.45) is 0 Å². The Kier molecular flexibility index (Phi) is 6.71. The SMILES string of the molecule is COCCOc1cc(F)cc(F)c1-c1c(-c2cc3n(n2)CC(C)NC3)nc(-n2ccccc2=O)c2ccsc12. The zero-order valence-corrected chi connectivity index (χ0v) is 22.1. The van der Waals surface area contributed by atoms with E-state index in [9.17, 15) is 9.18 Å². The van der Waals surface area contributed by atoms with Gasteiger partial charge in [-0.05, 0) is 30.5 Å². The predicted molar refractivity (Wildman–Crippen MR) is 145 cm³/mol. The molecule has 1 aromatic carbocycles. The van der Waals surface area contributed by atoms with E-state index >= 15 is 4.39 Å². The maximum absolute atomic E-state index is 15.7. The van der Waals surface area contributed by atoms with Crippen molar-refractivity contribution < 1.29 is 18.3 Å². The van der Waals surface area contributed by atoms with E-state index in [1.54, 1.807) is 18.3 Å². The first-order valence-corrected chi connectivity index (χ1v) is 13.3. The second-order valence-corrected chi connectivity index (χ2v) is 10.2. The normalized spacial score (nSPS) is 15.0. The number of hydrogen-bond donors (Lipinski definition) is 1. The van der Waals surface area contributed by atoms with E-state index in [2.05, 4.69) is 12.2 Å². The van der Waals surface area contributed by atoms with Crippen LogP contribution in [-0.4, -0.2) is 45.7 Å². The van der Waals surface area contributed by atoms with E-state index < -0.39 is 11.6 Å². The van der Waals surface area contributed by atoms with Gasteiger partial charge in [-0.2, -0.15) is 5.10 Å². The molecular formula is C28H25F2N5O3S. The number of fused-ring (bicyclic) bond motifs is 2. The Hall–Kier alpha value is -3.93. The average molecular weight is 550 g/mol. The first-order chi connectivity index (χ1) is 18.9. The average Bonchev–Trinajstić information content (AvgIpc) is 3.56. The van der Waals surface area contributed by atoms with Crippen molar-refractivity contribution in [3.63, 3.8) is 0 Å². The lowest BCUT2D eigenvalue weighted by molar-refractivity contribution is 0.146. The van der Waals surface area contributed by atoms with Gasteiger partial charge in [-0.1, -0.05) is 6.07 Å². The molecule has 5 heterocycles. The molecule has 0 fully saturated rings. The number of aromatic nitrogens is 4. The summed E-state index contributed by atoms with van der Waals surface area (Å²) in [7, 11) is 1.52. The van der Waals surface area contributed by atoms with Crippen LogP contribution in [0.4, 0.5) is 8.78 Å².